The first-order valence-corrected chi connectivity index (χ1v) is 9.41. The molecule has 1 rings (SSSR count). The van der Waals surface area contributed by atoms with Crippen LogP contribution in [0.2, 0.25) is 0 Å². The summed E-state index contributed by atoms with van der Waals surface area (Å²) in [5, 5.41) is 57.3. The Bertz CT molecular complexity index is 427. The Hall–Kier alpha value is -0.0200. The highest BCUT2D eigenvalue weighted by molar-refractivity contribution is 7.97. The van der Waals surface area contributed by atoms with Crippen LogP contribution in [0.1, 0.15) is 0 Å². The molecule has 1 fully saturated rings. The summed E-state index contributed by atoms with van der Waals surface area (Å²) in [6.07, 6.45) is -8.96. The number of aliphatic hydroxyl groups excluding tert-OH is 6. The highest BCUT2D eigenvalue weighted by Crippen LogP contribution is 2.19. The molecule has 1 aliphatic heterocycles. The molecule has 22 heavy (non-hydrogen) atoms. The van der Waals surface area contributed by atoms with Crippen LogP contribution in [-0.2, 0) is 25.5 Å². The lowest BCUT2D eigenvalue weighted by atomic mass is 10.1. The van der Waals surface area contributed by atoms with Crippen LogP contribution in [0.5, 0.6) is 0 Å². The molecule has 12 heteroatoms. The zero-order chi connectivity index (χ0) is 17.1. The highest BCUT2D eigenvalue weighted by atomic mass is 32.3. The van der Waals surface area contributed by atoms with Gasteiger partial charge in [-0.05, 0) is 10.9 Å². The van der Waals surface area contributed by atoms with E-state index in [1.807, 2.05) is 0 Å². The molecule has 1 aliphatic rings. The van der Waals surface area contributed by atoms with Crippen LogP contribution in [0.3, 0.4) is 0 Å². The van der Waals surface area contributed by atoms with Crippen molar-refractivity contribution in [3.05, 3.63) is 0 Å². The molecule has 0 aromatic rings. The van der Waals surface area contributed by atoms with Gasteiger partial charge in [-0.25, -0.2) is 8.42 Å². The Morgan fingerprint density at radius 1 is 1.14 bits per heavy atom. The smallest absolute Gasteiger partial charge is 0.218 e. The molecule has 6 N–H and O–H groups in total. The van der Waals surface area contributed by atoms with Gasteiger partial charge in [0.1, 0.15) is 53.9 Å². The summed E-state index contributed by atoms with van der Waals surface area (Å²) in [7, 11) is -6.02. The van der Waals surface area contributed by atoms with Crippen LogP contribution in [0.4, 0.5) is 0 Å². The summed E-state index contributed by atoms with van der Waals surface area (Å²) in [6, 6.07) is 0. The van der Waals surface area contributed by atoms with E-state index >= 15 is 0 Å². The molecule has 6 atom stereocenters. The molecule has 0 amide bonds. The van der Waals surface area contributed by atoms with E-state index in [2.05, 4.69) is 4.18 Å². The average molecular weight is 364 g/mol. The lowest BCUT2D eigenvalue weighted by molar-refractivity contribution is -0.0894. The lowest BCUT2D eigenvalue weighted by Gasteiger charge is -2.22. The third kappa shape index (κ3) is 5.88. The SMILES string of the molecule is O=S(=O)([O-])O[C@@H](CO)[C@H](O)C[S+]1C[C@@H](O)[C@@H](O)[C@H](O)[C@H](O)C1. The van der Waals surface area contributed by atoms with E-state index in [1.54, 1.807) is 0 Å². The second-order valence-corrected chi connectivity index (χ2v) is 8.25. The third-order valence-corrected chi connectivity index (χ3v) is 6.13. The van der Waals surface area contributed by atoms with Gasteiger partial charge >= 0.3 is 0 Å². The van der Waals surface area contributed by atoms with Crippen LogP contribution in [0, 0.1) is 0 Å². The first-order valence-electron chi connectivity index (χ1n) is 6.34. The van der Waals surface area contributed by atoms with Gasteiger partial charge in [0.05, 0.1) is 6.61 Å². The summed E-state index contributed by atoms with van der Waals surface area (Å²) in [5.41, 5.74) is 0. The minimum absolute atomic E-state index is 0.0470. The Labute approximate surface area is 130 Å². The van der Waals surface area contributed by atoms with Crippen molar-refractivity contribution in [3.8, 4) is 0 Å². The molecule has 0 radical (unpaired) electrons. The molecule has 132 valence electrons. The minimum Gasteiger partial charge on any atom is -0.726 e. The van der Waals surface area contributed by atoms with Gasteiger partial charge in [0.15, 0.2) is 0 Å². The Morgan fingerprint density at radius 2 is 1.59 bits per heavy atom. The van der Waals surface area contributed by atoms with E-state index in [1.165, 1.54) is 0 Å². The number of aliphatic hydroxyl groups is 6. The fraction of sp³-hybridized carbons (Fsp3) is 1.00. The van der Waals surface area contributed by atoms with Gasteiger partial charge in [-0.1, -0.05) is 0 Å². The van der Waals surface area contributed by atoms with Crippen LogP contribution < -0.4 is 0 Å². The average Bonchev–Trinajstić information content (AvgIpc) is 2.48. The van der Waals surface area contributed by atoms with Crippen molar-refractivity contribution in [2.24, 2.45) is 0 Å². The Morgan fingerprint density at radius 3 is 1.95 bits per heavy atom. The largest absolute Gasteiger partial charge is 0.726 e. The minimum atomic E-state index is -5.11. The van der Waals surface area contributed by atoms with Gasteiger partial charge < -0.3 is 35.2 Å². The normalized spacial score (nSPS) is 36.6. The molecule has 0 unspecified atom stereocenters. The van der Waals surface area contributed by atoms with Gasteiger partial charge in [-0.3, -0.25) is 4.18 Å². The van der Waals surface area contributed by atoms with Crippen molar-refractivity contribution < 1.29 is 47.8 Å². The maximum atomic E-state index is 10.5. The van der Waals surface area contributed by atoms with E-state index in [9.17, 15) is 38.5 Å². The zero-order valence-electron chi connectivity index (χ0n) is 11.4. The third-order valence-electron chi connectivity index (χ3n) is 3.21. The predicted octanol–water partition coefficient (Wildman–Crippen LogP) is -4.74. The van der Waals surface area contributed by atoms with Gasteiger partial charge in [-0.15, -0.1) is 0 Å². The Balaban J connectivity index is 2.71. The molecule has 0 aromatic carbocycles. The summed E-state index contributed by atoms with van der Waals surface area (Å²) in [6.45, 7) is -0.920. The van der Waals surface area contributed by atoms with E-state index in [0.29, 0.717) is 0 Å². The highest BCUT2D eigenvalue weighted by Gasteiger charge is 2.43. The molecular weight excluding hydrogens is 344 g/mol. The van der Waals surface area contributed by atoms with Crippen LogP contribution in [0.15, 0.2) is 0 Å². The molecule has 0 bridgehead atoms. The van der Waals surface area contributed by atoms with Crippen molar-refractivity contribution in [2.45, 2.75) is 36.6 Å². The molecule has 0 aliphatic carbocycles. The maximum absolute atomic E-state index is 10.5. The maximum Gasteiger partial charge on any atom is 0.218 e. The van der Waals surface area contributed by atoms with E-state index in [4.69, 9.17) is 5.11 Å². The first kappa shape index (κ1) is 20.0. The lowest BCUT2D eigenvalue weighted by Crippen LogP contribution is -2.43. The van der Waals surface area contributed by atoms with Gasteiger partial charge in [-0.2, -0.15) is 0 Å². The van der Waals surface area contributed by atoms with Crippen LogP contribution in [0.25, 0.3) is 0 Å². The van der Waals surface area contributed by atoms with E-state index in [-0.39, 0.29) is 17.3 Å². The van der Waals surface area contributed by atoms with Crippen LogP contribution >= 0.6 is 0 Å². The van der Waals surface area contributed by atoms with Crippen molar-refractivity contribution >= 4 is 21.3 Å². The number of rotatable bonds is 6. The fourth-order valence-electron chi connectivity index (χ4n) is 2.06. The number of hydrogen-bond acceptors (Lipinski definition) is 10. The van der Waals surface area contributed by atoms with Crippen molar-refractivity contribution in [1.82, 2.24) is 0 Å². The van der Waals surface area contributed by atoms with Crippen molar-refractivity contribution in [1.29, 1.82) is 0 Å². The van der Waals surface area contributed by atoms with Gasteiger partial charge in [0.25, 0.3) is 0 Å². The molecule has 0 saturated carbocycles. The van der Waals surface area contributed by atoms with Gasteiger partial charge in [0, 0.05) is 0 Å². The monoisotopic (exact) mass is 364 g/mol. The molecule has 0 aromatic heterocycles. The summed E-state index contributed by atoms with van der Waals surface area (Å²) < 4.78 is 35.5. The first-order chi connectivity index (χ1) is 10.0. The summed E-state index contributed by atoms with van der Waals surface area (Å²) >= 11 is 0. The molecule has 1 saturated heterocycles. The van der Waals surface area contributed by atoms with Crippen LogP contribution in [-0.4, -0.2) is 104 Å². The standard InChI is InChI=1S/C10H20O10S2/c11-1-8(20-22(17,18)19)5(12)2-21-3-6(13)9(15)10(16)7(14)4-21/h5-16H,1-4H2/t5-,6-,7-,8+,9-,10-/m1/s1. The number of hydrogen-bond donors (Lipinski definition) is 6. The summed E-state index contributed by atoms with van der Waals surface area (Å²) in [5.74, 6) is -0.280. The van der Waals surface area contributed by atoms with Crippen molar-refractivity contribution in [3.63, 3.8) is 0 Å². The van der Waals surface area contributed by atoms with Crippen molar-refractivity contribution in [2.75, 3.05) is 23.9 Å². The molecule has 10 nitrogen and oxygen atoms in total. The molecular formula is C10H20O10S2. The second-order valence-electron chi connectivity index (χ2n) is 5.02. The van der Waals surface area contributed by atoms with E-state index in [0.717, 1.165) is 0 Å². The topological polar surface area (TPSA) is 188 Å². The second kappa shape index (κ2) is 8.19. The zero-order valence-corrected chi connectivity index (χ0v) is 13.1. The Kier molecular flexibility index (Phi) is 7.45. The fourth-order valence-corrected chi connectivity index (χ4v) is 5.01. The molecule has 1 heterocycles. The predicted molar refractivity (Wildman–Crippen MR) is 73.7 cm³/mol. The van der Waals surface area contributed by atoms with Gasteiger partial charge in [0.2, 0.25) is 10.4 Å². The summed E-state index contributed by atoms with van der Waals surface area (Å²) in [4.78, 5) is 0. The quantitative estimate of drug-likeness (QED) is 0.152. The van der Waals surface area contributed by atoms with E-state index < -0.39 is 64.5 Å². The molecule has 0 spiro atoms.